The van der Waals surface area contributed by atoms with Crippen molar-refractivity contribution in [3.05, 3.63) is 24.3 Å². The second-order valence-corrected chi connectivity index (χ2v) is 6.50. The molecule has 0 bridgehead atoms. The Hall–Kier alpha value is -1.54. The number of carbonyl (C=O) groups is 1. The number of hydrogen-bond donors (Lipinski definition) is 0. The summed E-state index contributed by atoms with van der Waals surface area (Å²) in [5, 5.41) is 0. The fourth-order valence-electron chi connectivity index (χ4n) is 2.20. The number of ether oxygens (including phenoxy) is 1. The van der Waals surface area contributed by atoms with Gasteiger partial charge in [0.25, 0.3) is 0 Å². The molecule has 8 heteroatoms. The summed E-state index contributed by atoms with van der Waals surface area (Å²) >= 11 is 0. The standard InChI is InChI=1S/C12H15FN2O4S/c1-19-12(16)9-3-2-4-15(8-9)20(17,18)11-5-10(13)6-14-7-11/h5-7,9H,2-4,8H2,1H3. The van der Waals surface area contributed by atoms with Gasteiger partial charge < -0.3 is 4.74 Å². The molecule has 0 saturated carbocycles. The summed E-state index contributed by atoms with van der Waals surface area (Å²) in [5.74, 6) is -1.63. The number of sulfonamides is 1. The van der Waals surface area contributed by atoms with Crippen LogP contribution in [0, 0.1) is 11.7 Å². The second-order valence-electron chi connectivity index (χ2n) is 4.56. The van der Waals surface area contributed by atoms with Crippen molar-refractivity contribution >= 4 is 16.0 Å². The molecular weight excluding hydrogens is 287 g/mol. The van der Waals surface area contributed by atoms with E-state index in [1.807, 2.05) is 0 Å². The maximum Gasteiger partial charge on any atom is 0.309 e. The normalized spacial score (nSPS) is 20.6. The molecule has 1 aromatic rings. The van der Waals surface area contributed by atoms with Gasteiger partial charge in [-0.15, -0.1) is 0 Å². The Kier molecular flexibility index (Phi) is 4.34. The highest BCUT2D eigenvalue weighted by Crippen LogP contribution is 2.24. The van der Waals surface area contributed by atoms with Crippen LogP contribution in [0.4, 0.5) is 4.39 Å². The topological polar surface area (TPSA) is 76.6 Å². The minimum atomic E-state index is -3.84. The van der Waals surface area contributed by atoms with Crippen LogP contribution in [-0.2, 0) is 19.6 Å². The number of hydrogen-bond acceptors (Lipinski definition) is 5. The zero-order valence-electron chi connectivity index (χ0n) is 11.0. The van der Waals surface area contributed by atoms with E-state index in [0.717, 1.165) is 18.5 Å². The highest BCUT2D eigenvalue weighted by molar-refractivity contribution is 7.89. The molecule has 1 aliphatic heterocycles. The Morgan fingerprint density at radius 3 is 2.90 bits per heavy atom. The van der Waals surface area contributed by atoms with E-state index in [0.29, 0.717) is 19.4 Å². The molecule has 0 amide bonds. The van der Waals surface area contributed by atoms with Crippen LogP contribution >= 0.6 is 0 Å². The fraction of sp³-hybridized carbons (Fsp3) is 0.500. The third kappa shape index (κ3) is 2.96. The van der Waals surface area contributed by atoms with E-state index < -0.39 is 27.7 Å². The van der Waals surface area contributed by atoms with Crippen molar-refractivity contribution in [3.8, 4) is 0 Å². The first-order chi connectivity index (χ1) is 9.45. The van der Waals surface area contributed by atoms with Gasteiger partial charge in [0.15, 0.2) is 0 Å². The number of esters is 1. The first-order valence-electron chi connectivity index (χ1n) is 6.13. The van der Waals surface area contributed by atoms with Gasteiger partial charge in [-0.3, -0.25) is 9.78 Å². The van der Waals surface area contributed by atoms with Crippen molar-refractivity contribution in [3.63, 3.8) is 0 Å². The van der Waals surface area contributed by atoms with Crippen LogP contribution in [0.15, 0.2) is 23.4 Å². The highest BCUT2D eigenvalue weighted by atomic mass is 32.2. The maximum absolute atomic E-state index is 13.1. The van der Waals surface area contributed by atoms with Crippen molar-refractivity contribution in [1.29, 1.82) is 0 Å². The summed E-state index contributed by atoms with van der Waals surface area (Å²) < 4.78 is 43.6. The number of aromatic nitrogens is 1. The number of rotatable bonds is 3. The summed E-state index contributed by atoms with van der Waals surface area (Å²) in [6.07, 6.45) is 3.18. The zero-order valence-corrected chi connectivity index (χ0v) is 11.8. The van der Waals surface area contributed by atoms with E-state index in [9.17, 15) is 17.6 Å². The van der Waals surface area contributed by atoms with Gasteiger partial charge in [0.2, 0.25) is 10.0 Å². The molecule has 1 atom stereocenters. The monoisotopic (exact) mass is 302 g/mol. The third-order valence-corrected chi connectivity index (χ3v) is 5.07. The molecule has 2 rings (SSSR count). The van der Waals surface area contributed by atoms with Gasteiger partial charge in [0, 0.05) is 19.3 Å². The van der Waals surface area contributed by atoms with E-state index in [-0.39, 0.29) is 11.4 Å². The zero-order chi connectivity index (χ0) is 14.8. The number of nitrogens with zero attached hydrogens (tertiary/aromatic N) is 2. The van der Waals surface area contributed by atoms with Crippen molar-refractivity contribution in [2.24, 2.45) is 5.92 Å². The average Bonchev–Trinajstić information content (AvgIpc) is 2.46. The van der Waals surface area contributed by atoms with Crippen molar-refractivity contribution in [2.75, 3.05) is 20.2 Å². The molecule has 0 aromatic carbocycles. The largest absolute Gasteiger partial charge is 0.469 e. The molecule has 1 unspecified atom stereocenters. The van der Waals surface area contributed by atoms with Gasteiger partial charge in [-0.1, -0.05) is 0 Å². The van der Waals surface area contributed by atoms with Gasteiger partial charge in [0.05, 0.1) is 19.2 Å². The van der Waals surface area contributed by atoms with E-state index in [1.54, 1.807) is 0 Å². The predicted octanol–water partition coefficient (Wildman–Crippen LogP) is 0.794. The van der Waals surface area contributed by atoms with Crippen molar-refractivity contribution in [2.45, 2.75) is 17.7 Å². The lowest BCUT2D eigenvalue weighted by Crippen LogP contribution is -2.42. The molecule has 110 valence electrons. The van der Waals surface area contributed by atoms with Crippen molar-refractivity contribution in [1.82, 2.24) is 9.29 Å². The minimum absolute atomic E-state index is 0.0471. The van der Waals surface area contributed by atoms with Crippen LogP contribution < -0.4 is 0 Å². The van der Waals surface area contributed by atoms with Crippen LogP contribution in [0.1, 0.15) is 12.8 Å². The predicted molar refractivity (Wildman–Crippen MR) is 67.7 cm³/mol. The molecule has 1 saturated heterocycles. The SMILES string of the molecule is COC(=O)C1CCCN(S(=O)(=O)c2cncc(F)c2)C1. The number of halogens is 1. The quantitative estimate of drug-likeness (QED) is 0.772. The molecule has 1 aromatic heterocycles. The van der Waals surface area contributed by atoms with E-state index in [1.165, 1.54) is 11.4 Å². The second kappa shape index (κ2) is 5.84. The van der Waals surface area contributed by atoms with E-state index in [4.69, 9.17) is 0 Å². The van der Waals surface area contributed by atoms with Crippen LogP contribution in [-0.4, -0.2) is 43.9 Å². The number of methoxy groups -OCH3 is 1. The van der Waals surface area contributed by atoms with Gasteiger partial charge >= 0.3 is 5.97 Å². The Morgan fingerprint density at radius 1 is 1.50 bits per heavy atom. The molecule has 1 fully saturated rings. The summed E-state index contributed by atoms with van der Waals surface area (Å²) in [6, 6.07) is 0.921. The Morgan fingerprint density at radius 2 is 2.25 bits per heavy atom. The van der Waals surface area contributed by atoms with E-state index in [2.05, 4.69) is 9.72 Å². The number of piperidine rings is 1. The summed E-state index contributed by atoms with van der Waals surface area (Å²) in [7, 11) is -2.57. The highest BCUT2D eigenvalue weighted by Gasteiger charge is 2.34. The summed E-state index contributed by atoms with van der Waals surface area (Å²) in [6.45, 7) is 0.345. The van der Waals surface area contributed by atoms with Gasteiger partial charge in [-0.2, -0.15) is 4.31 Å². The fourth-order valence-corrected chi connectivity index (χ4v) is 3.70. The molecule has 0 aliphatic carbocycles. The molecule has 0 N–H and O–H groups in total. The van der Waals surface area contributed by atoms with Crippen LogP contribution in [0.3, 0.4) is 0 Å². The average molecular weight is 302 g/mol. The smallest absolute Gasteiger partial charge is 0.309 e. The maximum atomic E-state index is 13.1. The minimum Gasteiger partial charge on any atom is -0.469 e. The van der Waals surface area contributed by atoms with E-state index >= 15 is 0 Å². The lowest BCUT2D eigenvalue weighted by atomic mass is 10.0. The van der Waals surface area contributed by atoms with Gasteiger partial charge in [-0.05, 0) is 18.9 Å². The van der Waals surface area contributed by atoms with Gasteiger partial charge in [0.1, 0.15) is 10.7 Å². The Labute approximate surface area is 116 Å². The van der Waals surface area contributed by atoms with Crippen LogP contribution in [0.25, 0.3) is 0 Å². The molecule has 0 radical (unpaired) electrons. The number of carbonyl (C=O) groups excluding carboxylic acids is 1. The molecular formula is C12H15FN2O4S. The molecule has 2 heterocycles. The summed E-state index contributed by atoms with van der Waals surface area (Å²) in [5.41, 5.74) is 0. The van der Waals surface area contributed by atoms with Crippen molar-refractivity contribution < 1.29 is 22.3 Å². The first kappa shape index (κ1) is 14.9. The molecule has 1 aliphatic rings. The van der Waals surface area contributed by atoms with Crippen LogP contribution in [0.2, 0.25) is 0 Å². The molecule has 6 nitrogen and oxygen atoms in total. The lowest BCUT2D eigenvalue weighted by molar-refractivity contribution is -0.146. The Bertz CT molecular complexity index is 605. The third-order valence-electron chi connectivity index (χ3n) is 3.24. The molecule has 20 heavy (non-hydrogen) atoms. The van der Waals surface area contributed by atoms with Crippen LogP contribution in [0.5, 0.6) is 0 Å². The lowest BCUT2D eigenvalue weighted by Gasteiger charge is -2.30. The van der Waals surface area contributed by atoms with Gasteiger partial charge in [-0.25, -0.2) is 12.8 Å². The first-order valence-corrected chi connectivity index (χ1v) is 7.57. The summed E-state index contributed by atoms with van der Waals surface area (Å²) in [4.78, 5) is 14.9. The Balaban J connectivity index is 2.23. The number of pyridine rings is 1. The molecule has 0 spiro atoms.